The Morgan fingerprint density at radius 1 is 1.11 bits per heavy atom. The zero-order valence-corrected chi connectivity index (χ0v) is 14.3. The lowest BCUT2D eigenvalue weighted by Gasteiger charge is -2.18. The number of likely N-dealkylation sites (N-methyl/N-ethyl adjacent to an activating group) is 1. The summed E-state index contributed by atoms with van der Waals surface area (Å²) in [7, 11) is 2.01. The molecule has 0 spiro atoms. The van der Waals surface area contributed by atoms with Crippen LogP contribution in [0.4, 0.5) is 0 Å². The first-order valence-corrected chi connectivity index (χ1v) is 7.86. The van der Waals surface area contributed by atoms with E-state index in [0.717, 1.165) is 10.9 Å². The van der Waals surface area contributed by atoms with Gasteiger partial charge in [-0.3, -0.25) is 0 Å². The SMILES string of the molecule is CNC(Cc1cccc(Br)c1)c1ccc(C)c(Br)c1. The lowest BCUT2D eigenvalue weighted by molar-refractivity contribution is 0.591. The quantitative estimate of drug-likeness (QED) is 0.782. The van der Waals surface area contributed by atoms with Gasteiger partial charge in [0.1, 0.15) is 0 Å². The fourth-order valence-electron chi connectivity index (χ4n) is 2.11. The van der Waals surface area contributed by atoms with E-state index < -0.39 is 0 Å². The van der Waals surface area contributed by atoms with Gasteiger partial charge in [0.25, 0.3) is 0 Å². The highest BCUT2D eigenvalue weighted by Crippen LogP contribution is 2.25. The second-order valence-corrected chi connectivity index (χ2v) is 6.45. The molecule has 1 N–H and O–H groups in total. The molecule has 100 valence electrons. The van der Waals surface area contributed by atoms with Crippen LogP contribution in [-0.2, 0) is 6.42 Å². The second kappa shape index (κ2) is 6.69. The van der Waals surface area contributed by atoms with Gasteiger partial charge in [-0.1, -0.05) is 56.1 Å². The minimum absolute atomic E-state index is 0.325. The molecule has 2 aromatic carbocycles. The number of halogens is 2. The molecule has 0 aliphatic carbocycles. The van der Waals surface area contributed by atoms with Gasteiger partial charge < -0.3 is 5.32 Å². The molecule has 0 aliphatic heterocycles. The third kappa shape index (κ3) is 3.91. The molecule has 1 unspecified atom stereocenters. The van der Waals surface area contributed by atoms with Crippen LogP contribution in [0, 0.1) is 6.92 Å². The normalized spacial score (nSPS) is 12.4. The van der Waals surface area contributed by atoms with Crippen molar-refractivity contribution in [2.24, 2.45) is 0 Å². The van der Waals surface area contributed by atoms with Gasteiger partial charge in [0, 0.05) is 15.0 Å². The maximum absolute atomic E-state index is 3.61. The van der Waals surface area contributed by atoms with E-state index in [-0.39, 0.29) is 0 Å². The van der Waals surface area contributed by atoms with Crippen molar-refractivity contribution >= 4 is 31.9 Å². The third-order valence-corrected chi connectivity index (χ3v) is 4.62. The van der Waals surface area contributed by atoms with Gasteiger partial charge in [0.15, 0.2) is 0 Å². The van der Waals surface area contributed by atoms with Crippen molar-refractivity contribution in [3.05, 3.63) is 68.1 Å². The molecule has 0 amide bonds. The predicted molar refractivity (Wildman–Crippen MR) is 88.5 cm³/mol. The summed E-state index contributed by atoms with van der Waals surface area (Å²) in [5.41, 5.74) is 3.89. The zero-order chi connectivity index (χ0) is 13.8. The van der Waals surface area contributed by atoms with Gasteiger partial charge in [-0.15, -0.1) is 0 Å². The number of aryl methyl sites for hydroxylation is 1. The summed E-state index contributed by atoms with van der Waals surface area (Å²) < 4.78 is 2.30. The van der Waals surface area contributed by atoms with Gasteiger partial charge in [-0.25, -0.2) is 0 Å². The number of hydrogen-bond acceptors (Lipinski definition) is 1. The Morgan fingerprint density at radius 2 is 1.89 bits per heavy atom. The van der Waals surface area contributed by atoms with Crippen LogP contribution >= 0.6 is 31.9 Å². The molecule has 3 heteroatoms. The molecular formula is C16H17Br2N. The lowest BCUT2D eigenvalue weighted by Crippen LogP contribution is -2.18. The Morgan fingerprint density at radius 3 is 2.53 bits per heavy atom. The van der Waals surface area contributed by atoms with E-state index >= 15 is 0 Å². The standard InChI is InChI=1S/C16H17Br2N/c1-11-6-7-13(10-15(11)18)16(19-2)9-12-4-3-5-14(17)8-12/h3-8,10,16,19H,9H2,1-2H3. The van der Waals surface area contributed by atoms with Gasteiger partial charge in [0.05, 0.1) is 0 Å². The molecule has 0 saturated carbocycles. The molecule has 0 bridgehead atoms. The van der Waals surface area contributed by atoms with Gasteiger partial charge >= 0.3 is 0 Å². The Bertz CT molecular complexity index is 566. The van der Waals surface area contributed by atoms with Crippen LogP contribution in [0.1, 0.15) is 22.7 Å². The molecule has 0 aliphatic rings. The average Bonchev–Trinajstić information content (AvgIpc) is 2.39. The summed E-state index contributed by atoms with van der Waals surface area (Å²) >= 11 is 7.13. The molecular weight excluding hydrogens is 366 g/mol. The van der Waals surface area contributed by atoms with Crippen LogP contribution in [0.5, 0.6) is 0 Å². The predicted octanol–water partition coefficient (Wildman–Crippen LogP) is 5.02. The van der Waals surface area contributed by atoms with E-state index in [1.807, 2.05) is 7.05 Å². The largest absolute Gasteiger partial charge is 0.313 e. The Kier molecular flexibility index (Phi) is 5.20. The van der Waals surface area contributed by atoms with Gasteiger partial charge in [0.2, 0.25) is 0 Å². The summed E-state index contributed by atoms with van der Waals surface area (Å²) in [5, 5.41) is 3.40. The molecule has 0 radical (unpaired) electrons. The molecule has 0 fully saturated rings. The molecule has 0 heterocycles. The molecule has 0 saturated heterocycles. The first-order chi connectivity index (χ1) is 9.10. The third-order valence-electron chi connectivity index (χ3n) is 3.28. The zero-order valence-electron chi connectivity index (χ0n) is 11.1. The summed E-state index contributed by atoms with van der Waals surface area (Å²) in [6, 6.07) is 15.4. The highest BCUT2D eigenvalue weighted by Gasteiger charge is 2.11. The molecule has 1 atom stereocenters. The maximum Gasteiger partial charge on any atom is 0.0358 e. The van der Waals surface area contributed by atoms with E-state index in [2.05, 4.69) is 86.6 Å². The molecule has 1 nitrogen and oxygen atoms in total. The van der Waals surface area contributed by atoms with Crippen molar-refractivity contribution < 1.29 is 0 Å². The fourth-order valence-corrected chi connectivity index (χ4v) is 2.96. The van der Waals surface area contributed by atoms with Crippen molar-refractivity contribution in [1.82, 2.24) is 5.32 Å². The number of hydrogen-bond donors (Lipinski definition) is 1. The number of benzene rings is 2. The van der Waals surface area contributed by atoms with Crippen molar-refractivity contribution in [2.75, 3.05) is 7.05 Å². The summed E-state index contributed by atoms with van der Waals surface area (Å²) in [6.45, 7) is 2.11. The lowest BCUT2D eigenvalue weighted by atomic mass is 9.98. The Labute approximate surface area is 131 Å². The second-order valence-electron chi connectivity index (χ2n) is 4.68. The highest BCUT2D eigenvalue weighted by atomic mass is 79.9. The molecule has 19 heavy (non-hydrogen) atoms. The average molecular weight is 383 g/mol. The molecule has 2 rings (SSSR count). The van der Waals surface area contributed by atoms with E-state index in [0.29, 0.717) is 6.04 Å². The van der Waals surface area contributed by atoms with E-state index in [4.69, 9.17) is 0 Å². The van der Waals surface area contributed by atoms with Crippen LogP contribution < -0.4 is 5.32 Å². The molecule has 0 aromatic heterocycles. The first-order valence-electron chi connectivity index (χ1n) is 6.28. The maximum atomic E-state index is 3.61. The van der Waals surface area contributed by atoms with Crippen LogP contribution in [0.15, 0.2) is 51.4 Å². The smallest absolute Gasteiger partial charge is 0.0358 e. The number of rotatable bonds is 4. The topological polar surface area (TPSA) is 12.0 Å². The van der Waals surface area contributed by atoms with Crippen molar-refractivity contribution in [3.63, 3.8) is 0 Å². The van der Waals surface area contributed by atoms with Crippen LogP contribution in [0.2, 0.25) is 0 Å². The van der Waals surface area contributed by atoms with Crippen molar-refractivity contribution in [2.45, 2.75) is 19.4 Å². The van der Waals surface area contributed by atoms with Crippen molar-refractivity contribution in [3.8, 4) is 0 Å². The van der Waals surface area contributed by atoms with E-state index in [1.165, 1.54) is 21.2 Å². The highest BCUT2D eigenvalue weighted by molar-refractivity contribution is 9.10. The van der Waals surface area contributed by atoms with Gasteiger partial charge in [-0.05, 0) is 55.3 Å². The van der Waals surface area contributed by atoms with E-state index in [1.54, 1.807) is 0 Å². The van der Waals surface area contributed by atoms with Crippen LogP contribution in [0.25, 0.3) is 0 Å². The Hall–Kier alpha value is -0.640. The van der Waals surface area contributed by atoms with Crippen LogP contribution in [0.3, 0.4) is 0 Å². The molecule has 2 aromatic rings. The fraction of sp³-hybridized carbons (Fsp3) is 0.250. The monoisotopic (exact) mass is 381 g/mol. The first kappa shape index (κ1) is 14.8. The summed E-state index contributed by atoms with van der Waals surface area (Å²) in [6.07, 6.45) is 0.978. The minimum Gasteiger partial charge on any atom is -0.313 e. The van der Waals surface area contributed by atoms with Crippen molar-refractivity contribution in [1.29, 1.82) is 0 Å². The van der Waals surface area contributed by atoms with Gasteiger partial charge in [-0.2, -0.15) is 0 Å². The summed E-state index contributed by atoms with van der Waals surface area (Å²) in [5.74, 6) is 0. The Balaban J connectivity index is 2.22. The summed E-state index contributed by atoms with van der Waals surface area (Å²) in [4.78, 5) is 0. The van der Waals surface area contributed by atoms with Crippen LogP contribution in [-0.4, -0.2) is 7.05 Å². The minimum atomic E-state index is 0.325. The van der Waals surface area contributed by atoms with E-state index in [9.17, 15) is 0 Å². The number of nitrogens with one attached hydrogen (secondary N) is 1.